The molecule has 5 rings (SSSR count). The van der Waals surface area contributed by atoms with Gasteiger partial charge in [0.1, 0.15) is 11.2 Å². The lowest BCUT2D eigenvalue weighted by molar-refractivity contribution is 0.102. The molecule has 2 heterocycles. The van der Waals surface area contributed by atoms with E-state index >= 15 is 0 Å². The number of nitrogens with one attached hydrogen (secondary N) is 2. The maximum Gasteiger partial charge on any atom is 0.291 e. The second kappa shape index (κ2) is 7.74. The lowest BCUT2D eigenvalue weighted by Crippen LogP contribution is -2.12. The Morgan fingerprint density at radius 1 is 0.938 bits per heavy atom. The second-order valence-corrected chi connectivity index (χ2v) is 9.95. The number of para-hydroxylation sites is 1. The first-order chi connectivity index (χ1) is 15.4. The van der Waals surface area contributed by atoms with Crippen LogP contribution in [-0.2, 0) is 10.0 Å². The van der Waals surface area contributed by atoms with E-state index in [1.807, 2.05) is 37.3 Å². The quantitative estimate of drug-likeness (QED) is 0.361. The van der Waals surface area contributed by atoms with Gasteiger partial charge < -0.3 is 4.42 Å². The van der Waals surface area contributed by atoms with Crippen molar-refractivity contribution in [3.63, 3.8) is 0 Å². The van der Waals surface area contributed by atoms with E-state index in [0.717, 1.165) is 33.3 Å². The third-order valence-electron chi connectivity index (χ3n) is 4.77. The van der Waals surface area contributed by atoms with E-state index in [2.05, 4.69) is 20.2 Å². The van der Waals surface area contributed by atoms with Crippen LogP contribution >= 0.6 is 11.3 Å². The Morgan fingerprint density at radius 3 is 2.59 bits per heavy atom. The number of aryl methyl sites for hydroxylation is 1. The predicted octanol–water partition coefficient (Wildman–Crippen LogP) is 4.80. The molecule has 1 amide bonds. The molecule has 2 aromatic heterocycles. The van der Waals surface area contributed by atoms with Crippen LogP contribution in [0.2, 0.25) is 0 Å². The molecule has 160 valence electrons. The van der Waals surface area contributed by atoms with Crippen LogP contribution in [0.15, 0.2) is 75.5 Å². The van der Waals surface area contributed by atoms with Crippen molar-refractivity contribution in [2.24, 2.45) is 0 Å². The maximum absolute atomic E-state index is 12.8. The predicted molar refractivity (Wildman–Crippen MR) is 124 cm³/mol. The van der Waals surface area contributed by atoms with Crippen LogP contribution in [0, 0.1) is 6.92 Å². The number of carbonyl (C=O) groups is 1. The number of benzene rings is 3. The van der Waals surface area contributed by atoms with Crippen LogP contribution in [-0.4, -0.2) is 24.5 Å². The van der Waals surface area contributed by atoms with Crippen molar-refractivity contribution in [3.8, 4) is 0 Å². The fourth-order valence-corrected chi connectivity index (χ4v) is 5.26. The number of fused-ring (bicyclic) bond motifs is 3. The fourth-order valence-electron chi connectivity index (χ4n) is 3.31. The second-order valence-electron chi connectivity index (χ2n) is 7.11. The van der Waals surface area contributed by atoms with Gasteiger partial charge in [-0.3, -0.25) is 14.8 Å². The Hall–Kier alpha value is -3.76. The van der Waals surface area contributed by atoms with Crippen LogP contribution in [0.3, 0.4) is 0 Å². The minimum atomic E-state index is -4.00. The molecule has 5 aromatic rings. The first-order valence-corrected chi connectivity index (χ1v) is 11.8. The number of amides is 1. The van der Waals surface area contributed by atoms with E-state index in [1.165, 1.54) is 0 Å². The molecule has 0 fully saturated rings. The summed E-state index contributed by atoms with van der Waals surface area (Å²) in [6, 6.07) is 19.7. The molecular formula is C22H16N4O4S2. The third kappa shape index (κ3) is 3.81. The van der Waals surface area contributed by atoms with Crippen LogP contribution < -0.4 is 10.0 Å². The molecule has 0 saturated heterocycles. The van der Waals surface area contributed by atoms with E-state index in [-0.39, 0.29) is 9.47 Å². The number of anilines is 2. The zero-order valence-electron chi connectivity index (χ0n) is 16.7. The summed E-state index contributed by atoms with van der Waals surface area (Å²) >= 11 is 0.766. The average molecular weight is 465 g/mol. The number of sulfonamides is 1. The van der Waals surface area contributed by atoms with Crippen LogP contribution in [0.25, 0.3) is 21.9 Å². The highest BCUT2D eigenvalue weighted by Gasteiger charge is 2.22. The zero-order chi connectivity index (χ0) is 22.3. The van der Waals surface area contributed by atoms with E-state index in [4.69, 9.17) is 4.42 Å². The van der Waals surface area contributed by atoms with E-state index in [0.29, 0.717) is 16.8 Å². The van der Waals surface area contributed by atoms with Gasteiger partial charge in [-0.05, 0) is 37.3 Å². The van der Waals surface area contributed by atoms with Crippen LogP contribution in [0.1, 0.15) is 15.9 Å². The van der Waals surface area contributed by atoms with Crippen molar-refractivity contribution in [1.29, 1.82) is 0 Å². The van der Waals surface area contributed by atoms with Gasteiger partial charge in [-0.2, -0.15) is 8.42 Å². The van der Waals surface area contributed by atoms with Crippen molar-refractivity contribution < 1.29 is 17.6 Å². The minimum absolute atomic E-state index is 0.0876. The molecule has 0 aliphatic rings. The number of nitrogens with zero attached hydrogens (tertiary/aromatic N) is 2. The molecule has 2 N–H and O–H groups in total. The summed E-state index contributed by atoms with van der Waals surface area (Å²) in [4.78, 5) is 12.4. The Bertz CT molecular complexity index is 1590. The highest BCUT2D eigenvalue weighted by molar-refractivity contribution is 7.94. The van der Waals surface area contributed by atoms with Crippen molar-refractivity contribution in [2.75, 3.05) is 10.0 Å². The van der Waals surface area contributed by atoms with Crippen molar-refractivity contribution in [3.05, 3.63) is 77.9 Å². The van der Waals surface area contributed by atoms with Gasteiger partial charge in [0, 0.05) is 22.4 Å². The Kier molecular flexibility index (Phi) is 4.87. The molecular weight excluding hydrogens is 448 g/mol. The average Bonchev–Trinajstić information content (AvgIpc) is 3.38. The molecule has 32 heavy (non-hydrogen) atoms. The third-order valence-corrected chi connectivity index (χ3v) is 7.36. The molecule has 0 saturated carbocycles. The monoisotopic (exact) mass is 464 g/mol. The molecule has 0 aliphatic carbocycles. The number of carbonyl (C=O) groups excluding carboxylic acids is 1. The number of rotatable bonds is 5. The van der Waals surface area contributed by atoms with Gasteiger partial charge in [0.25, 0.3) is 20.3 Å². The summed E-state index contributed by atoms with van der Waals surface area (Å²) in [7, 11) is -4.00. The summed E-state index contributed by atoms with van der Waals surface area (Å²) in [5.41, 5.74) is 3.00. The molecule has 3 aromatic carbocycles. The number of hydrogen-bond donors (Lipinski definition) is 2. The molecule has 0 radical (unpaired) electrons. The zero-order valence-corrected chi connectivity index (χ0v) is 18.3. The Labute approximate surface area is 187 Å². The van der Waals surface area contributed by atoms with Gasteiger partial charge in [-0.25, -0.2) is 0 Å². The maximum atomic E-state index is 12.8. The fraction of sp³-hybridized carbons (Fsp3) is 0.0455. The largest absolute Gasteiger partial charge is 0.456 e. The summed E-state index contributed by atoms with van der Waals surface area (Å²) in [6.45, 7) is 1.88. The van der Waals surface area contributed by atoms with E-state index < -0.39 is 15.9 Å². The number of furan rings is 1. The van der Waals surface area contributed by atoms with Gasteiger partial charge in [0.05, 0.1) is 5.69 Å². The summed E-state index contributed by atoms with van der Waals surface area (Å²) in [6.07, 6.45) is 0. The topological polar surface area (TPSA) is 114 Å². The SMILES string of the molecule is Cc1cccc(C(=O)Nc2nnc(S(=O)(=O)Nc3ccc4c(c3)oc3ccccc34)s2)c1. The summed E-state index contributed by atoms with van der Waals surface area (Å²) < 4.78 is 33.6. The molecule has 8 nitrogen and oxygen atoms in total. The van der Waals surface area contributed by atoms with Crippen molar-refractivity contribution >= 4 is 60.0 Å². The summed E-state index contributed by atoms with van der Waals surface area (Å²) in [5, 5.41) is 12.0. The van der Waals surface area contributed by atoms with Crippen molar-refractivity contribution in [1.82, 2.24) is 10.2 Å². The van der Waals surface area contributed by atoms with Crippen LogP contribution in [0.4, 0.5) is 10.8 Å². The standard InChI is InChI=1S/C22H16N4O4S2/c1-13-5-4-6-14(11-13)20(27)23-21-24-25-22(31-21)32(28,29)26-15-9-10-17-16-7-2-3-8-18(16)30-19(17)12-15/h2-12,26H,1H3,(H,23,24,27). The molecule has 0 spiro atoms. The van der Waals surface area contributed by atoms with Crippen molar-refractivity contribution in [2.45, 2.75) is 11.3 Å². The molecule has 0 unspecified atom stereocenters. The van der Waals surface area contributed by atoms with E-state index in [1.54, 1.807) is 36.4 Å². The number of hydrogen-bond acceptors (Lipinski definition) is 7. The van der Waals surface area contributed by atoms with Gasteiger partial charge in [-0.1, -0.05) is 47.2 Å². The lowest BCUT2D eigenvalue weighted by atomic mass is 10.1. The molecule has 0 bridgehead atoms. The minimum Gasteiger partial charge on any atom is -0.456 e. The van der Waals surface area contributed by atoms with Gasteiger partial charge in [-0.15, -0.1) is 10.2 Å². The molecule has 0 atom stereocenters. The molecule has 10 heteroatoms. The normalized spacial score (nSPS) is 11.7. The van der Waals surface area contributed by atoms with Gasteiger partial charge in [0.2, 0.25) is 5.13 Å². The smallest absolute Gasteiger partial charge is 0.291 e. The molecule has 0 aliphatic heterocycles. The Morgan fingerprint density at radius 2 is 1.75 bits per heavy atom. The number of aromatic nitrogens is 2. The lowest BCUT2D eigenvalue weighted by Gasteiger charge is -2.04. The Balaban J connectivity index is 1.36. The highest BCUT2D eigenvalue weighted by atomic mass is 32.2. The first kappa shape index (κ1) is 20.2. The van der Waals surface area contributed by atoms with Gasteiger partial charge >= 0.3 is 0 Å². The van der Waals surface area contributed by atoms with E-state index in [9.17, 15) is 13.2 Å². The summed E-state index contributed by atoms with van der Waals surface area (Å²) in [5.74, 6) is -0.392. The van der Waals surface area contributed by atoms with Gasteiger partial charge in [0.15, 0.2) is 0 Å². The first-order valence-electron chi connectivity index (χ1n) is 9.55. The highest BCUT2D eigenvalue weighted by Crippen LogP contribution is 2.31. The van der Waals surface area contributed by atoms with Crippen LogP contribution in [0.5, 0.6) is 0 Å².